The molecule has 0 saturated carbocycles. The molecule has 8 nitrogen and oxygen atoms in total. The van der Waals surface area contributed by atoms with Crippen LogP contribution in [0.15, 0.2) is 24.3 Å². The molecule has 148 valence electrons. The molecular formula is C19H27N3O5. The molecule has 1 unspecified atom stereocenters. The number of benzene rings is 1. The zero-order valence-corrected chi connectivity index (χ0v) is 15.6. The first-order valence-electron chi connectivity index (χ1n) is 9.27. The van der Waals surface area contributed by atoms with Crippen LogP contribution >= 0.6 is 0 Å². The lowest BCUT2D eigenvalue weighted by Crippen LogP contribution is -2.39. The minimum atomic E-state index is -0.969. The van der Waals surface area contributed by atoms with E-state index in [9.17, 15) is 14.4 Å². The molecule has 1 aliphatic rings. The van der Waals surface area contributed by atoms with E-state index in [0.29, 0.717) is 12.2 Å². The molecule has 0 radical (unpaired) electrons. The summed E-state index contributed by atoms with van der Waals surface area (Å²) in [6.45, 7) is 3.51. The van der Waals surface area contributed by atoms with Gasteiger partial charge in [-0.1, -0.05) is 25.1 Å². The fourth-order valence-electron chi connectivity index (χ4n) is 2.99. The lowest BCUT2D eigenvalue weighted by atomic mass is 10.0. The monoisotopic (exact) mass is 377 g/mol. The van der Waals surface area contributed by atoms with Crippen LogP contribution in [0.5, 0.6) is 5.75 Å². The van der Waals surface area contributed by atoms with Crippen molar-refractivity contribution in [2.45, 2.75) is 38.6 Å². The number of rotatable bonds is 9. The molecule has 0 spiro atoms. The second kappa shape index (κ2) is 10.4. The molecule has 1 saturated heterocycles. The molecular weight excluding hydrogens is 350 g/mol. The molecule has 1 fully saturated rings. The van der Waals surface area contributed by atoms with Crippen LogP contribution in [0.4, 0.5) is 4.79 Å². The number of carboxylic acid groups (broad SMARTS) is 1. The number of ether oxygens (including phenoxy) is 1. The Labute approximate surface area is 158 Å². The molecule has 0 bridgehead atoms. The second-order valence-electron chi connectivity index (χ2n) is 6.42. The van der Waals surface area contributed by atoms with Gasteiger partial charge in [-0.2, -0.15) is 0 Å². The molecule has 1 aliphatic heterocycles. The molecule has 1 heterocycles. The van der Waals surface area contributed by atoms with E-state index in [1.807, 2.05) is 25.1 Å². The van der Waals surface area contributed by atoms with Crippen molar-refractivity contribution < 1.29 is 24.2 Å². The number of hydrogen-bond acceptors (Lipinski definition) is 4. The first kappa shape index (κ1) is 20.5. The number of likely N-dealkylation sites (tertiary alicyclic amines) is 1. The number of aliphatic carboxylic acids is 1. The lowest BCUT2D eigenvalue weighted by molar-refractivity contribution is -0.137. The average molecular weight is 377 g/mol. The number of nitrogens with zero attached hydrogens (tertiary/aromatic N) is 1. The van der Waals surface area contributed by atoms with E-state index in [-0.39, 0.29) is 31.5 Å². The van der Waals surface area contributed by atoms with Crippen molar-refractivity contribution in [1.82, 2.24) is 15.5 Å². The third-order valence-electron chi connectivity index (χ3n) is 4.44. The number of amides is 3. The Kier molecular flexibility index (Phi) is 7.91. The molecule has 0 aromatic heterocycles. The zero-order chi connectivity index (χ0) is 19.6. The van der Waals surface area contributed by atoms with Gasteiger partial charge in [0.2, 0.25) is 0 Å². The van der Waals surface area contributed by atoms with Crippen LogP contribution in [0, 0.1) is 0 Å². The van der Waals surface area contributed by atoms with Gasteiger partial charge in [-0.15, -0.1) is 0 Å². The number of hydrogen-bond donors (Lipinski definition) is 3. The number of urea groups is 1. The predicted octanol–water partition coefficient (Wildman–Crippen LogP) is 1.91. The Hall–Kier alpha value is -2.77. The number of nitrogens with one attached hydrogen (secondary N) is 2. The van der Waals surface area contributed by atoms with Crippen LogP contribution in [-0.2, 0) is 9.59 Å². The van der Waals surface area contributed by atoms with Gasteiger partial charge < -0.3 is 25.4 Å². The van der Waals surface area contributed by atoms with Crippen LogP contribution in [-0.4, -0.2) is 54.2 Å². The Bertz CT molecular complexity index is 659. The van der Waals surface area contributed by atoms with Crippen LogP contribution in [0.3, 0.4) is 0 Å². The molecule has 1 aromatic carbocycles. The summed E-state index contributed by atoms with van der Waals surface area (Å²) in [7, 11) is 0. The minimum Gasteiger partial charge on any atom is -0.483 e. The van der Waals surface area contributed by atoms with E-state index < -0.39 is 12.0 Å². The molecule has 1 atom stereocenters. The Morgan fingerprint density at radius 3 is 2.59 bits per heavy atom. The van der Waals surface area contributed by atoms with Gasteiger partial charge in [0.05, 0.1) is 12.5 Å². The number of carboxylic acids is 1. The number of carbonyl (C=O) groups is 3. The molecule has 1 aromatic rings. The maximum absolute atomic E-state index is 12.2. The van der Waals surface area contributed by atoms with Gasteiger partial charge in [-0.05, 0) is 25.3 Å². The topological polar surface area (TPSA) is 108 Å². The maximum atomic E-state index is 12.2. The van der Waals surface area contributed by atoms with Crippen LogP contribution < -0.4 is 15.4 Å². The molecule has 0 aliphatic carbocycles. The summed E-state index contributed by atoms with van der Waals surface area (Å²) in [5, 5.41) is 14.0. The van der Waals surface area contributed by atoms with Gasteiger partial charge in [0.15, 0.2) is 6.61 Å². The summed E-state index contributed by atoms with van der Waals surface area (Å²) in [5.74, 6) is -0.443. The highest BCUT2D eigenvalue weighted by molar-refractivity contribution is 5.78. The lowest BCUT2D eigenvalue weighted by Gasteiger charge is -2.22. The van der Waals surface area contributed by atoms with Gasteiger partial charge in [-0.3, -0.25) is 9.59 Å². The minimum absolute atomic E-state index is 0.0295. The summed E-state index contributed by atoms with van der Waals surface area (Å²) >= 11 is 0. The molecule has 3 amide bonds. The van der Waals surface area contributed by atoms with Gasteiger partial charge in [0, 0.05) is 25.2 Å². The summed E-state index contributed by atoms with van der Waals surface area (Å²) in [6, 6.07) is 6.54. The van der Waals surface area contributed by atoms with Crippen LogP contribution in [0.1, 0.15) is 44.2 Å². The molecule has 8 heteroatoms. The standard InChI is InChI=1S/C19H27N3O5/c1-2-15(21-19(26)20-10-9-18(24)25)14-7-3-4-8-16(14)27-13-17(23)22-11-5-6-12-22/h3-4,7-8,15H,2,5-6,9-13H2,1H3,(H,24,25)(H2,20,21,26). The number of para-hydroxylation sites is 1. The van der Waals surface area contributed by atoms with Gasteiger partial charge >= 0.3 is 12.0 Å². The van der Waals surface area contributed by atoms with Crippen molar-refractivity contribution in [1.29, 1.82) is 0 Å². The first-order valence-corrected chi connectivity index (χ1v) is 9.27. The molecule has 3 N–H and O–H groups in total. The van der Waals surface area contributed by atoms with Gasteiger partial charge in [-0.25, -0.2) is 4.79 Å². The first-order chi connectivity index (χ1) is 13.0. The predicted molar refractivity (Wildman–Crippen MR) is 99.6 cm³/mol. The normalized spacial score (nSPS) is 14.5. The van der Waals surface area contributed by atoms with Gasteiger partial charge in [0.25, 0.3) is 5.91 Å². The second-order valence-corrected chi connectivity index (χ2v) is 6.42. The Balaban J connectivity index is 1.95. The molecule has 2 rings (SSSR count). The summed E-state index contributed by atoms with van der Waals surface area (Å²) in [6.07, 6.45) is 2.54. The maximum Gasteiger partial charge on any atom is 0.315 e. The smallest absolute Gasteiger partial charge is 0.315 e. The average Bonchev–Trinajstić information content (AvgIpc) is 3.19. The van der Waals surface area contributed by atoms with E-state index in [1.54, 1.807) is 11.0 Å². The van der Waals surface area contributed by atoms with Crippen molar-refractivity contribution in [3.05, 3.63) is 29.8 Å². The third-order valence-corrected chi connectivity index (χ3v) is 4.44. The molecule has 27 heavy (non-hydrogen) atoms. The highest BCUT2D eigenvalue weighted by Gasteiger charge is 2.20. The van der Waals surface area contributed by atoms with Gasteiger partial charge in [0.1, 0.15) is 5.75 Å². The van der Waals surface area contributed by atoms with E-state index in [4.69, 9.17) is 9.84 Å². The largest absolute Gasteiger partial charge is 0.483 e. The fraction of sp³-hybridized carbons (Fsp3) is 0.526. The quantitative estimate of drug-likeness (QED) is 0.609. The van der Waals surface area contributed by atoms with Crippen molar-refractivity contribution in [3.63, 3.8) is 0 Å². The fourth-order valence-corrected chi connectivity index (χ4v) is 2.99. The highest BCUT2D eigenvalue weighted by atomic mass is 16.5. The van der Waals surface area contributed by atoms with Crippen LogP contribution in [0.25, 0.3) is 0 Å². The highest BCUT2D eigenvalue weighted by Crippen LogP contribution is 2.27. The SMILES string of the molecule is CCC(NC(=O)NCCC(=O)O)c1ccccc1OCC(=O)N1CCCC1. The summed E-state index contributed by atoms with van der Waals surface area (Å²) in [4.78, 5) is 36.5. The van der Waals surface area contributed by atoms with Crippen molar-refractivity contribution >= 4 is 17.9 Å². The summed E-state index contributed by atoms with van der Waals surface area (Å²) in [5.41, 5.74) is 0.780. The van der Waals surface area contributed by atoms with Crippen molar-refractivity contribution in [2.24, 2.45) is 0 Å². The van der Waals surface area contributed by atoms with E-state index >= 15 is 0 Å². The zero-order valence-electron chi connectivity index (χ0n) is 15.6. The Morgan fingerprint density at radius 2 is 1.93 bits per heavy atom. The van der Waals surface area contributed by atoms with Crippen LogP contribution in [0.2, 0.25) is 0 Å². The summed E-state index contributed by atoms with van der Waals surface area (Å²) < 4.78 is 5.75. The Morgan fingerprint density at radius 1 is 1.22 bits per heavy atom. The third kappa shape index (κ3) is 6.47. The van der Waals surface area contributed by atoms with Crippen molar-refractivity contribution in [3.8, 4) is 5.75 Å². The van der Waals surface area contributed by atoms with E-state index in [1.165, 1.54) is 0 Å². The number of carbonyl (C=O) groups excluding carboxylic acids is 2. The van der Waals surface area contributed by atoms with E-state index in [0.717, 1.165) is 31.5 Å². The van der Waals surface area contributed by atoms with Crippen molar-refractivity contribution in [2.75, 3.05) is 26.2 Å². The van der Waals surface area contributed by atoms with E-state index in [2.05, 4.69) is 10.6 Å².